The summed E-state index contributed by atoms with van der Waals surface area (Å²) in [5, 5.41) is 6.50. The van der Waals surface area contributed by atoms with Crippen LogP contribution in [0.3, 0.4) is 0 Å². The Bertz CT molecular complexity index is 375. The molecule has 2 amide bonds. The van der Waals surface area contributed by atoms with E-state index in [1.165, 1.54) is 6.42 Å². The Kier molecular flexibility index (Phi) is 6.40. The second kappa shape index (κ2) is 8.06. The van der Waals surface area contributed by atoms with E-state index in [0.29, 0.717) is 23.1 Å². The lowest BCUT2D eigenvalue weighted by molar-refractivity contribution is -0.122. The number of carbonyl (C=O) groups excluding carboxylic acids is 2. The molecule has 2 fully saturated rings. The van der Waals surface area contributed by atoms with Crippen LogP contribution in [0.4, 0.5) is 4.79 Å². The molecule has 2 heterocycles. The zero-order chi connectivity index (χ0) is 15.2. The average molecular weight is 312 g/mol. The number of rotatable bonds is 9. The van der Waals surface area contributed by atoms with Crippen LogP contribution in [0.5, 0.6) is 0 Å². The van der Waals surface area contributed by atoms with E-state index in [1.54, 1.807) is 0 Å². The largest absolute Gasteiger partial charge is 0.332 e. The van der Waals surface area contributed by atoms with Crippen molar-refractivity contribution in [1.29, 1.82) is 0 Å². The third-order valence-electron chi connectivity index (χ3n) is 4.64. The Labute approximate surface area is 132 Å². The molecule has 21 heavy (non-hydrogen) atoms. The zero-order valence-corrected chi connectivity index (χ0v) is 14.0. The fourth-order valence-corrected chi connectivity index (χ4v) is 4.75. The minimum atomic E-state index is -0.0183. The van der Waals surface area contributed by atoms with Gasteiger partial charge in [-0.2, -0.15) is 11.8 Å². The quantitative estimate of drug-likeness (QED) is 0.508. The van der Waals surface area contributed by atoms with Crippen molar-refractivity contribution in [3.8, 4) is 0 Å². The molecule has 4 unspecified atom stereocenters. The van der Waals surface area contributed by atoms with Gasteiger partial charge in [0.2, 0.25) is 0 Å². The molecule has 0 aromatic rings. The van der Waals surface area contributed by atoms with Gasteiger partial charge in [0.25, 0.3) is 0 Å². The highest BCUT2D eigenvalue weighted by Crippen LogP contribution is 2.33. The van der Waals surface area contributed by atoms with E-state index in [0.717, 1.165) is 44.3 Å². The second-order valence-electron chi connectivity index (χ2n) is 6.38. The van der Waals surface area contributed by atoms with Crippen LogP contribution in [0.1, 0.15) is 58.8 Å². The summed E-state index contributed by atoms with van der Waals surface area (Å²) < 4.78 is 0. The molecule has 0 spiro atoms. The number of carbonyl (C=O) groups is 2. The maximum absolute atomic E-state index is 12.0. The van der Waals surface area contributed by atoms with Crippen molar-refractivity contribution in [1.82, 2.24) is 10.6 Å². The van der Waals surface area contributed by atoms with Gasteiger partial charge < -0.3 is 10.6 Å². The summed E-state index contributed by atoms with van der Waals surface area (Å²) in [6, 6.07) is 0.583. The van der Waals surface area contributed by atoms with E-state index in [-0.39, 0.29) is 11.9 Å². The van der Waals surface area contributed by atoms with Gasteiger partial charge in [0.1, 0.15) is 5.78 Å². The number of hydrogen-bond donors (Lipinski definition) is 2. The maximum Gasteiger partial charge on any atom is 0.315 e. The van der Waals surface area contributed by atoms with Crippen LogP contribution >= 0.6 is 11.8 Å². The molecule has 2 aliphatic heterocycles. The number of ketones is 1. The van der Waals surface area contributed by atoms with Gasteiger partial charge >= 0.3 is 6.03 Å². The molecule has 2 rings (SSSR count). The fourth-order valence-electron chi connectivity index (χ4n) is 3.21. The van der Waals surface area contributed by atoms with E-state index < -0.39 is 0 Å². The first-order valence-electron chi connectivity index (χ1n) is 8.33. The van der Waals surface area contributed by atoms with E-state index in [1.807, 2.05) is 11.8 Å². The Morgan fingerprint density at radius 1 is 1.33 bits per heavy atom. The Hall–Kier alpha value is -0.710. The van der Waals surface area contributed by atoms with Crippen LogP contribution in [-0.2, 0) is 4.79 Å². The molecule has 2 saturated heterocycles. The number of thioether (sulfide) groups is 1. The second-order valence-corrected chi connectivity index (χ2v) is 7.65. The Balaban J connectivity index is 1.59. The molecular formula is C16H28N2O2S. The van der Waals surface area contributed by atoms with Crippen LogP contribution in [0.25, 0.3) is 0 Å². The van der Waals surface area contributed by atoms with Crippen molar-refractivity contribution in [2.75, 3.05) is 5.75 Å². The normalized spacial score (nSPS) is 28.9. The van der Waals surface area contributed by atoms with E-state index in [4.69, 9.17) is 0 Å². The summed E-state index contributed by atoms with van der Waals surface area (Å²) >= 11 is 1.95. The van der Waals surface area contributed by atoms with Gasteiger partial charge in [-0.3, -0.25) is 4.79 Å². The van der Waals surface area contributed by atoms with Crippen molar-refractivity contribution in [3.05, 3.63) is 0 Å². The molecule has 0 radical (unpaired) electrons. The van der Waals surface area contributed by atoms with Gasteiger partial charge in [-0.05, 0) is 19.3 Å². The lowest BCUT2D eigenvalue weighted by atomic mass is 9.95. The predicted molar refractivity (Wildman–Crippen MR) is 87.7 cm³/mol. The Morgan fingerprint density at radius 2 is 2.14 bits per heavy atom. The standard InChI is InChI=1S/C16H28N2O2S/c1-3-4-7-11(2)13(19)8-5-6-9-14-15-12(10-21-14)17-16(20)18-15/h11-12,14-15H,3-10H2,1-2H3,(H2,17,18,20). The van der Waals surface area contributed by atoms with Gasteiger partial charge in [-0.25, -0.2) is 4.79 Å². The van der Waals surface area contributed by atoms with Gasteiger partial charge in [0.05, 0.1) is 12.1 Å². The molecule has 2 N–H and O–H groups in total. The zero-order valence-electron chi connectivity index (χ0n) is 13.2. The lowest BCUT2D eigenvalue weighted by Crippen LogP contribution is -2.36. The van der Waals surface area contributed by atoms with Crippen LogP contribution < -0.4 is 10.6 Å². The monoisotopic (exact) mass is 312 g/mol. The summed E-state index contributed by atoms with van der Waals surface area (Å²) in [7, 11) is 0. The molecule has 0 bridgehead atoms. The molecular weight excluding hydrogens is 284 g/mol. The lowest BCUT2D eigenvalue weighted by Gasteiger charge is -2.16. The van der Waals surface area contributed by atoms with Crippen LogP contribution in [0, 0.1) is 5.92 Å². The van der Waals surface area contributed by atoms with Gasteiger partial charge in [-0.15, -0.1) is 0 Å². The van der Waals surface area contributed by atoms with E-state index >= 15 is 0 Å². The number of nitrogens with one attached hydrogen (secondary N) is 2. The number of hydrogen-bond acceptors (Lipinski definition) is 3. The minimum Gasteiger partial charge on any atom is -0.332 e. The third kappa shape index (κ3) is 4.63. The van der Waals surface area contributed by atoms with Crippen molar-refractivity contribution < 1.29 is 9.59 Å². The van der Waals surface area contributed by atoms with Crippen LogP contribution in [0.2, 0.25) is 0 Å². The third-order valence-corrected chi connectivity index (χ3v) is 6.15. The Morgan fingerprint density at radius 3 is 2.90 bits per heavy atom. The fraction of sp³-hybridized carbons (Fsp3) is 0.875. The summed E-state index contributed by atoms with van der Waals surface area (Å²) in [6.07, 6.45) is 7.26. The SMILES string of the molecule is CCCCC(C)C(=O)CCCCC1SCC2NC(=O)NC21. The predicted octanol–water partition coefficient (Wildman–Crippen LogP) is 3.11. The topological polar surface area (TPSA) is 58.2 Å². The molecule has 0 aromatic carbocycles. The molecule has 5 heteroatoms. The molecule has 4 atom stereocenters. The highest BCUT2D eigenvalue weighted by molar-refractivity contribution is 8.00. The van der Waals surface area contributed by atoms with Gasteiger partial charge in [0.15, 0.2) is 0 Å². The average Bonchev–Trinajstić information content (AvgIpc) is 3.00. The van der Waals surface area contributed by atoms with Gasteiger partial charge in [0, 0.05) is 23.3 Å². The van der Waals surface area contributed by atoms with Crippen molar-refractivity contribution in [3.63, 3.8) is 0 Å². The van der Waals surface area contributed by atoms with Crippen molar-refractivity contribution >= 4 is 23.6 Å². The number of fused-ring (bicyclic) bond motifs is 1. The first kappa shape index (κ1) is 16.7. The molecule has 0 aliphatic carbocycles. The summed E-state index contributed by atoms with van der Waals surface area (Å²) in [5.41, 5.74) is 0. The number of amides is 2. The molecule has 0 saturated carbocycles. The molecule has 4 nitrogen and oxygen atoms in total. The van der Waals surface area contributed by atoms with Crippen molar-refractivity contribution in [2.45, 2.75) is 76.1 Å². The van der Waals surface area contributed by atoms with E-state index in [2.05, 4.69) is 24.5 Å². The number of Topliss-reactive ketones (excluding diaryl/α,β-unsaturated/α-hetero) is 1. The first-order valence-corrected chi connectivity index (χ1v) is 9.38. The summed E-state index contributed by atoms with van der Waals surface area (Å²) in [4.78, 5) is 23.3. The number of unbranched alkanes of at least 4 members (excludes halogenated alkanes) is 2. The molecule has 2 aliphatic rings. The highest BCUT2D eigenvalue weighted by Gasteiger charge is 2.42. The first-order chi connectivity index (χ1) is 10.1. The van der Waals surface area contributed by atoms with Crippen LogP contribution in [-0.4, -0.2) is 34.9 Å². The highest BCUT2D eigenvalue weighted by atomic mass is 32.2. The van der Waals surface area contributed by atoms with Crippen molar-refractivity contribution in [2.24, 2.45) is 5.92 Å². The summed E-state index contributed by atoms with van der Waals surface area (Å²) in [5.74, 6) is 1.67. The maximum atomic E-state index is 12.0. The van der Waals surface area contributed by atoms with E-state index in [9.17, 15) is 9.59 Å². The molecule has 120 valence electrons. The molecule has 0 aromatic heterocycles. The smallest absolute Gasteiger partial charge is 0.315 e. The number of urea groups is 1. The van der Waals surface area contributed by atoms with Crippen LogP contribution in [0.15, 0.2) is 0 Å². The summed E-state index contributed by atoms with van der Waals surface area (Å²) in [6.45, 7) is 4.23. The van der Waals surface area contributed by atoms with Gasteiger partial charge in [-0.1, -0.05) is 33.1 Å². The minimum absolute atomic E-state index is 0.0183.